The SMILES string of the molecule is C.C.CC1c2cccc3cccc(c23)C1C.CCC(C)c1ccc(N(C)C)cc1. The van der Waals surface area contributed by atoms with Crippen LogP contribution in [0.1, 0.15) is 83.4 Å². The highest BCUT2D eigenvalue weighted by Gasteiger charge is 2.27. The third kappa shape index (κ3) is 5.01. The fourth-order valence-electron chi connectivity index (χ4n) is 4.03. The van der Waals surface area contributed by atoms with Crippen molar-refractivity contribution >= 4 is 16.5 Å². The summed E-state index contributed by atoms with van der Waals surface area (Å²) in [5.41, 5.74) is 5.77. The minimum absolute atomic E-state index is 0. The molecule has 0 radical (unpaired) electrons. The van der Waals surface area contributed by atoms with Crippen LogP contribution in [-0.4, -0.2) is 14.1 Å². The second-order valence-corrected chi connectivity index (χ2v) is 8.17. The molecule has 0 amide bonds. The van der Waals surface area contributed by atoms with Crippen LogP contribution in [0, 0.1) is 0 Å². The molecule has 0 bridgehead atoms. The Morgan fingerprint density at radius 3 is 1.69 bits per heavy atom. The van der Waals surface area contributed by atoms with Crippen LogP contribution in [0.15, 0.2) is 60.7 Å². The number of hydrogen-bond donors (Lipinski definition) is 0. The number of rotatable bonds is 3. The smallest absolute Gasteiger partial charge is 0.0361 e. The van der Waals surface area contributed by atoms with E-state index in [1.54, 1.807) is 0 Å². The van der Waals surface area contributed by atoms with Crippen LogP contribution in [-0.2, 0) is 0 Å². The molecule has 1 nitrogen and oxygen atoms in total. The fraction of sp³-hybridized carbons (Fsp3) is 0.429. The Morgan fingerprint density at radius 1 is 0.793 bits per heavy atom. The van der Waals surface area contributed by atoms with Crippen LogP contribution in [0.4, 0.5) is 5.69 Å². The van der Waals surface area contributed by atoms with Crippen molar-refractivity contribution in [1.29, 1.82) is 0 Å². The zero-order valence-electron chi connectivity index (χ0n) is 17.7. The predicted octanol–water partition coefficient (Wildman–Crippen LogP) is 8.60. The van der Waals surface area contributed by atoms with Gasteiger partial charge in [-0.25, -0.2) is 0 Å². The quantitative estimate of drug-likeness (QED) is 0.432. The highest BCUT2D eigenvalue weighted by atomic mass is 15.1. The van der Waals surface area contributed by atoms with Crippen LogP contribution in [0.25, 0.3) is 10.8 Å². The summed E-state index contributed by atoms with van der Waals surface area (Å²) in [6.07, 6.45) is 1.21. The Hall–Kier alpha value is -2.28. The average molecular weight is 392 g/mol. The molecule has 29 heavy (non-hydrogen) atoms. The van der Waals surface area contributed by atoms with Crippen molar-refractivity contribution < 1.29 is 0 Å². The lowest BCUT2D eigenvalue weighted by molar-refractivity contribution is 0.655. The first-order valence-corrected chi connectivity index (χ1v) is 10.2. The average Bonchev–Trinajstić information content (AvgIpc) is 2.95. The zero-order chi connectivity index (χ0) is 19.6. The van der Waals surface area contributed by atoms with Gasteiger partial charge >= 0.3 is 0 Å². The largest absolute Gasteiger partial charge is 0.378 e. The zero-order valence-corrected chi connectivity index (χ0v) is 17.7. The van der Waals surface area contributed by atoms with Gasteiger partial charge < -0.3 is 4.90 Å². The minimum atomic E-state index is 0. The van der Waals surface area contributed by atoms with Gasteiger partial charge in [0.15, 0.2) is 0 Å². The van der Waals surface area contributed by atoms with Crippen LogP contribution in [0.2, 0.25) is 0 Å². The standard InChI is InChI=1S/C14H14.C12H19N.2CH4/c1-9-10(2)13-8-4-6-11-5-3-7-12(9)14(11)13;1-5-10(2)11-6-8-12(9-7-11)13(3)4;;/h3-10H,1-2H3;6-10H,5H2,1-4H3;2*1H4. The summed E-state index contributed by atoms with van der Waals surface area (Å²) in [7, 11) is 4.14. The molecule has 0 spiro atoms. The first kappa shape index (κ1) is 24.8. The third-order valence-corrected chi connectivity index (χ3v) is 6.29. The molecule has 3 aromatic carbocycles. The third-order valence-electron chi connectivity index (χ3n) is 6.29. The van der Waals surface area contributed by atoms with Crippen molar-refractivity contribution in [2.45, 2.75) is 66.7 Å². The van der Waals surface area contributed by atoms with Crippen LogP contribution < -0.4 is 4.90 Å². The van der Waals surface area contributed by atoms with E-state index in [0.29, 0.717) is 17.8 Å². The number of hydrogen-bond acceptors (Lipinski definition) is 1. The first-order chi connectivity index (χ1) is 12.9. The molecule has 1 heteroatoms. The predicted molar refractivity (Wildman–Crippen MR) is 134 cm³/mol. The normalized spacial score (nSPS) is 17.4. The molecular formula is C28H41N. The summed E-state index contributed by atoms with van der Waals surface area (Å²) < 4.78 is 0. The van der Waals surface area contributed by atoms with Gasteiger partial charge in [0.25, 0.3) is 0 Å². The molecule has 3 unspecified atom stereocenters. The number of benzene rings is 3. The topological polar surface area (TPSA) is 3.24 Å². The van der Waals surface area contributed by atoms with E-state index >= 15 is 0 Å². The van der Waals surface area contributed by atoms with E-state index in [1.165, 1.54) is 39.6 Å². The molecule has 0 aliphatic heterocycles. The van der Waals surface area contributed by atoms with E-state index in [1.807, 2.05) is 0 Å². The molecule has 4 rings (SSSR count). The van der Waals surface area contributed by atoms with Crippen molar-refractivity contribution in [2.24, 2.45) is 0 Å². The minimum Gasteiger partial charge on any atom is -0.378 e. The fourth-order valence-corrected chi connectivity index (χ4v) is 4.03. The lowest BCUT2D eigenvalue weighted by Crippen LogP contribution is -2.08. The summed E-state index contributed by atoms with van der Waals surface area (Å²) in [5.74, 6) is 2.03. The molecule has 158 valence electrons. The maximum Gasteiger partial charge on any atom is 0.0361 e. The van der Waals surface area contributed by atoms with Gasteiger partial charge in [-0.1, -0.05) is 91.1 Å². The molecule has 3 aromatic rings. The molecular weight excluding hydrogens is 350 g/mol. The van der Waals surface area contributed by atoms with Crippen LogP contribution >= 0.6 is 0 Å². The van der Waals surface area contributed by atoms with Gasteiger partial charge in [-0.15, -0.1) is 0 Å². The summed E-state index contributed by atoms with van der Waals surface area (Å²) in [6, 6.07) is 22.2. The molecule has 3 atom stereocenters. The van der Waals surface area contributed by atoms with E-state index in [-0.39, 0.29) is 14.9 Å². The number of anilines is 1. The van der Waals surface area contributed by atoms with E-state index in [9.17, 15) is 0 Å². The second-order valence-electron chi connectivity index (χ2n) is 8.17. The molecule has 0 aromatic heterocycles. The monoisotopic (exact) mass is 391 g/mol. The lowest BCUT2D eigenvalue weighted by atomic mass is 9.94. The Kier molecular flexibility index (Phi) is 8.95. The van der Waals surface area contributed by atoms with Gasteiger partial charge in [-0.3, -0.25) is 0 Å². The molecule has 0 saturated carbocycles. The second kappa shape index (κ2) is 10.5. The summed E-state index contributed by atoms with van der Waals surface area (Å²) in [5, 5.41) is 2.91. The van der Waals surface area contributed by atoms with Gasteiger partial charge in [-0.2, -0.15) is 0 Å². The Labute approximate surface area is 179 Å². The Bertz CT molecular complexity index is 849. The molecule has 0 heterocycles. The van der Waals surface area contributed by atoms with Gasteiger partial charge in [0.05, 0.1) is 0 Å². The molecule has 0 saturated heterocycles. The maximum atomic E-state index is 2.33. The van der Waals surface area contributed by atoms with Gasteiger partial charge in [0.1, 0.15) is 0 Å². The van der Waals surface area contributed by atoms with Crippen molar-refractivity contribution in [3.05, 3.63) is 77.4 Å². The molecule has 1 aliphatic carbocycles. The van der Waals surface area contributed by atoms with E-state index in [4.69, 9.17) is 0 Å². The van der Waals surface area contributed by atoms with Crippen molar-refractivity contribution in [3.63, 3.8) is 0 Å². The van der Waals surface area contributed by atoms with Crippen molar-refractivity contribution in [2.75, 3.05) is 19.0 Å². The highest BCUT2D eigenvalue weighted by Crippen LogP contribution is 2.45. The Morgan fingerprint density at radius 2 is 1.28 bits per heavy atom. The lowest BCUT2D eigenvalue weighted by Gasteiger charge is -2.14. The first-order valence-electron chi connectivity index (χ1n) is 10.2. The van der Waals surface area contributed by atoms with Gasteiger partial charge in [-0.05, 0) is 63.8 Å². The van der Waals surface area contributed by atoms with Gasteiger partial charge in [0.2, 0.25) is 0 Å². The van der Waals surface area contributed by atoms with Crippen molar-refractivity contribution in [1.82, 2.24) is 0 Å². The highest BCUT2D eigenvalue weighted by molar-refractivity contribution is 5.92. The maximum absolute atomic E-state index is 2.33. The summed E-state index contributed by atoms with van der Waals surface area (Å²) in [6.45, 7) is 9.16. The van der Waals surface area contributed by atoms with E-state index < -0.39 is 0 Å². The van der Waals surface area contributed by atoms with Crippen molar-refractivity contribution in [3.8, 4) is 0 Å². The van der Waals surface area contributed by atoms with E-state index in [2.05, 4.69) is 107 Å². The summed E-state index contributed by atoms with van der Waals surface area (Å²) in [4.78, 5) is 2.13. The molecule has 0 fully saturated rings. The van der Waals surface area contributed by atoms with Crippen LogP contribution in [0.5, 0.6) is 0 Å². The Balaban J connectivity index is 0.000000272. The van der Waals surface area contributed by atoms with Gasteiger partial charge in [0, 0.05) is 19.8 Å². The number of nitrogens with zero attached hydrogens (tertiary/aromatic N) is 1. The van der Waals surface area contributed by atoms with Crippen LogP contribution in [0.3, 0.4) is 0 Å². The summed E-state index contributed by atoms with van der Waals surface area (Å²) >= 11 is 0. The molecule has 1 aliphatic rings. The van der Waals surface area contributed by atoms with E-state index in [0.717, 1.165) is 0 Å². The molecule has 0 N–H and O–H groups in total.